The zero-order chi connectivity index (χ0) is 22.9. The molecule has 1 N–H and O–H groups in total. The average Bonchev–Trinajstić information content (AvgIpc) is 3.46. The van der Waals surface area contributed by atoms with E-state index in [0.717, 1.165) is 46.4 Å². The smallest absolute Gasteiger partial charge is 0.337 e. The van der Waals surface area contributed by atoms with Gasteiger partial charge in [-0.3, -0.25) is 4.79 Å². The van der Waals surface area contributed by atoms with E-state index in [4.69, 9.17) is 16.3 Å². The lowest BCUT2D eigenvalue weighted by Crippen LogP contribution is -2.33. The van der Waals surface area contributed by atoms with E-state index in [-0.39, 0.29) is 16.5 Å². The monoisotopic (exact) mass is 461 g/mol. The molecule has 1 saturated carbocycles. The second-order valence-electron chi connectivity index (χ2n) is 8.68. The summed E-state index contributed by atoms with van der Waals surface area (Å²) in [4.78, 5) is 26.1. The van der Waals surface area contributed by atoms with Gasteiger partial charge >= 0.3 is 5.97 Å². The fourth-order valence-electron chi connectivity index (χ4n) is 4.75. The first-order chi connectivity index (χ1) is 16.0. The number of hydrogen-bond acceptors (Lipinski definition) is 3. The largest absolute Gasteiger partial charge is 0.489 e. The van der Waals surface area contributed by atoms with E-state index in [1.54, 1.807) is 18.2 Å². The highest BCUT2D eigenvalue weighted by atomic mass is 35.5. The van der Waals surface area contributed by atoms with Gasteiger partial charge in [-0.05, 0) is 65.4 Å². The van der Waals surface area contributed by atoms with Gasteiger partial charge in [-0.2, -0.15) is 0 Å². The lowest BCUT2D eigenvalue weighted by Gasteiger charge is -2.23. The third-order valence-corrected chi connectivity index (χ3v) is 6.89. The van der Waals surface area contributed by atoms with Crippen LogP contribution in [0.15, 0.2) is 60.7 Å². The van der Waals surface area contributed by atoms with Gasteiger partial charge in [-0.15, -0.1) is 0 Å². The van der Waals surface area contributed by atoms with Crippen LogP contribution in [0.1, 0.15) is 57.5 Å². The molecule has 3 aromatic rings. The molecule has 168 valence electrons. The molecule has 5 nitrogen and oxygen atoms in total. The van der Waals surface area contributed by atoms with Gasteiger partial charge in [-0.25, -0.2) is 4.79 Å². The number of ether oxygens (including phenoxy) is 1. The standard InChI is InChI=1S/C27H24ClNO4/c28-25-12-9-19(14-24(25)27(31)32)18-7-5-17(6-8-18)16-33-22-10-11-23-20(13-22)15-29(26(23)30)21-3-1-2-4-21/h5-14,21H,1-4,15-16H2,(H,31,32). The SMILES string of the molecule is O=C(O)c1cc(-c2ccc(COc3ccc4c(c3)CN(C3CCCC3)C4=O)cc2)ccc1Cl. The molecule has 0 atom stereocenters. The van der Waals surface area contributed by atoms with Crippen molar-refractivity contribution in [3.8, 4) is 16.9 Å². The predicted octanol–water partition coefficient (Wildman–Crippen LogP) is 6.18. The molecule has 6 heteroatoms. The second kappa shape index (κ2) is 8.91. The molecule has 0 saturated heterocycles. The molecule has 1 fully saturated rings. The summed E-state index contributed by atoms with van der Waals surface area (Å²) in [5.41, 5.74) is 4.61. The van der Waals surface area contributed by atoms with Crippen molar-refractivity contribution in [1.29, 1.82) is 0 Å². The fourth-order valence-corrected chi connectivity index (χ4v) is 4.95. The van der Waals surface area contributed by atoms with Crippen LogP contribution >= 0.6 is 11.6 Å². The third kappa shape index (κ3) is 4.33. The number of benzene rings is 3. The van der Waals surface area contributed by atoms with E-state index >= 15 is 0 Å². The Kier molecular flexibility index (Phi) is 5.81. The van der Waals surface area contributed by atoms with E-state index in [1.165, 1.54) is 12.8 Å². The van der Waals surface area contributed by atoms with Crippen LogP contribution in [0.3, 0.4) is 0 Å². The minimum atomic E-state index is -1.05. The Morgan fingerprint density at radius 1 is 1.00 bits per heavy atom. The number of rotatable bonds is 6. The molecular weight excluding hydrogens is 438 g/mol. The first-order valence-corrected chi connectivity index (χ1v) is 11.6. The van der Waals surface area contributed by atoms with Crippen LogP contribution in [-0.4, -0.2) is 27.9 Å². The Labute approximate surface area is 197 Å². The van der Waals surface area contributed by atoms with Crippen molar-refractivity contribution < 1.29 is 19.4 Å². The molecule has 1 aliphatic carbocycles. The number of carbonyl (C=O) groups excluding carboxylic acids is 1. The summed E-state index contributed by atoms with van der Waals surface area (Å²) >= 11 is 5.97. The van der Waals surface area contributed by atoms with Crippen LogP contribution in [0.5, 0.6) is 5.75 Å². The Bertz CT molecular complexity index is 1220. The van der Waals surface area contributed by atoms with Gasteiger partial charge in [-0.1, -0.05) is 54.8 Å². The molecule has 5 rings (SSSR count). The van der Waals surface area contributed by atoms with Crippen molar-refractivity contribution >= 4 is 23.5 Å². The number of halogens is 1. The number of carboxylic acids is 1. The van der Waals surface area contributed by atoms with Crippen molar-refractivity contribution in [2.75, 3.05) is 0 Å². The first kappa shape index (κ1) is 21.5. The Balaban J connectivity index is 1.25. The maximum absolute atomic E-state index is 12.7. The summed E-state index contributed by atoms with van der Waals surface area (Å²) in [5, 5.41) is 9.50. The fraction of sp³-hybridized carbons (Fsp3) is 0.259. The minimum absolute atomic E-state index is 0.0863. The summed E-state index contributed by atoms with van der Waals surface area (Å²) in [6.07, 6.45) is 4.62. The highest BCUT2D eigenvalue weighted by Crippen LogP contribution is 2.33. The van der Waals surface area contributed by atoms with E-state index in [1.807, 2.05) is 47.4 Å². The number of carbonyl (C=O) groups is 2. The van der Waals surface area contributed by atoms with Crippen molar-refractivity contribution in [3.05, 3.63) is 87.9 Å². The number of nitrogens with zero attached hydrogens (tertiary/aromatic N) is 1. The Hall–Kier alpha value is -3.31. The molecule has 1 amide bonds. The molecule has 0 aromatic heterocycles. The summed E-state index contributed by atoms with van der Waals surface area (Å²) in [5.74, 6) is -0.149. The molecule has 0 unspecified atom stereocenters. The summed E-state index contributed by atoms with van der Waals surface area (Å²) in [6, 6.07) is 18.9. The summed E-state index contributed by atoms with van der Waals surface area (Å²) < 4.78 is 6.00. The summed E-state index contributed by atoms with van der Waals surface area (Å²) in [7, 11) is 0. The number of hydrogen-bond donors (Lipinski definition) is 1. The third-order valence-electron chi connectivity index (χ3n) is 6.56. The minimum Gasteiger partial charge on any atom is -0.489 e. The highest BCUT2D eigenvalue weighted by Gasteiger charge is 2.34. The predicted molar refractivity (Wildman–Crippen MR) is 127 cm³/mol. The average molecular weight is 462 g/mol. The van der Waals surface area contributed by atoms with Gasteiger partial charge in [0.05, 0.1) is 10.6 Å². The zero-order valence-corrected chi connectivity index (χ0v) is 18.8. The molecule has 0 spiro atoms. The molecule has 33 heavy (non-hydrogen) atoms. The van der Waals surface area contributed by atoms with Crippen LogP contribution < -0.4 is 4.74 Å². The number of fused-ring (bicyclic) bond motifs is 1. The van der Waals surface area contributed by atoms with Crippen molar-refractivity contribution in [1.82, 2.24) is 4.90 Å². The van der Waals surface area contributed by atoms with Crippen molar-refractivity contribution in [2.24, 2.45) is 0 Å². The van der Waals surface area contributed by atoms with Crippen LogP contribution in [0.2, 0.25) is 5.02 Å². The molecule has 1 aliphatic heterocycles. The van der Waals surface area contributed by atoms with Crippen molar-refractivity contribution in [3.63, 3.8) is 0 Å². The van der Waals surface area contributed by atoms with Gasteiger partial charge < -0.3 is 14.7 Å². The van der Waals surface area contributed by atoms with Gasteiger partial charge in [0.25, 0.3) is 5.91 Å². The van der Waals surface area contributed by atoms with E-state index in [9.17, 15) is 14.7 Å². The number of carboxylic acid groups (broad SMARTS) is 1. The number of aromatic carboxylic acids is 1. The molecule has 0 radical (unpaired) electrons. The van der Waals surface area contributed by atoms with E-state index < -0.39 is 5.97 Å². The molecule has 0 bridgehead atoms. The number of amides is 1. The maximum atomic E-state index is 12.7. The van der Waals surface area contributed by atoms with Gasteiger partial charge in [0.2, 0.25) is 0 Å². The van der Waals surface area contributed by atoms with Gasteiger partial charge in [0, 0.05) is 18.2 Å². The van der Waals surface area contributed by atoms with Crippen molar-refractivity contribution in [2.45, 2.75) is 44.9 Å². The normalized spacial score (nSPS) is 15.7. The Morgan fingerprint density at radius 2 is 1.73 bits per heavy atom. The first-order valence-electron chi connectivity index (χ1n) is 11.2. The molecule has 1 heterocycles. The van der Waals surface area contributed by atoms with Crippen LogP contribution in [0, 0.1) is 0 Å². The van der Waals surface area contributed by atoms with Gasteiger partial charge in [0.15, 0.2) is 0 Å². The molecule has 2 aliphatic rings. The zero-order valence-electron chi connectivity index (χ0n) is 18.1. The van der Waals surface area contributed by atoms with E-state index in [2.05, 4.69) is 0 Å². The molecular formula is C27H24ClNO4. The summed E-state index contributed by atoms with van der Waals surface area (Å²) in [6.45, 7) is 1.07. The van der Waals surface area contributed by atoms with Gasteiger partial charge in [0.1, 0.15) is 12.4 Å². The second-order valence-corrected chi connectivity index (χ2v) is 9.08. The molecule has 3 aromatic carbocycles. The van der Waals surface area contributed by atoms with Crippen LogP contribution in [0.4, 0.5) is 0 Å². The maximum Gasteiger partial charge on any atom is 0.337 e. The van der Waals surface area contributed by atoms with Crippen LogP contribution in [0.25, 0.3) is 11.1 Å². The van der Waals surface area contributed by atoms with Crippen LogP contribution in [-0.2, 0) is 13.2 Å². The van der Waals surface area contributed by atoms with E-state index in [0.29, 0.717) is 19.2 Å². The quantitative estimate of drug-likeness (QED) is 0.475. The highest BCUT2D eigenvalue weighted by molar-refractivity contribution is 6.33. The lowest BCUT2D eigenvalue weighted by atomic mass is 10.0. The topological polar surface area (TPSA) is 66.8 Å². The Morgan fingerprint density at radius 3 is 2.45 bits per heavy atom. The lowest BCUT2D eigenvalue weighted by molar-refractivity contribution is 0.0691.